The zero-order chi connectivity index (χ0) is 16.5. The summed E-state index contributed by atoms with van der Waals surface area (Å²) in [5.41, 5.74) is 6.82. The van der Waals surface area contributed by atoms with E-state index in [4.69, 9.17) is 10.5 Å². The summed E-state index contributed by atoms with van der Waals surface area (Å²) in [4.78, 5) is 6.84. The molecule has 1 rings (SSSR count). The molecule has 1 aromatic carbocycles. The first-order chi connectivity index (χ1) is 10.4. The van der Waals surface area contributed by atoms with Crippen molar-refractivity contribution in [3.05, 3.63) is 24.3 Å². The van der Waals surface area contributed by atoms with E-state index in [1.165, 1.54) is 0 Å². The van der Waals surface area contributed by atoms with Crippen LogP contribution in [0.3, 0.4) is 0 Å². The summed E-state index contributed by atoms with van der Waals surface area (Å²) in [6.07, 6.45) is 1.00. The van der Waals surface area contributed by atoms with Gasteiger partial charge >= 0.3 is 0 Å². The van der Waals surface area contributed by atoms with Gasteiger partial charge in [0.15, 0.2) is 5.96 Å². The fraction of sp³-hybridized carbons (Fsp3) is 0.588. The van der Waals surface area contributed by atoms with Crippen molar-refractivity contribution in [3.63, 3.8) is 0 Å². The molecule has 5 heteroatoms. The minimum Gasteiger partial charge on any atom is -0.497 e. The highest BCUT2D eigenvalue weighted by Gasteiger charge is 2.11. The van der Waals surface area contributed by atoms with Crippen molar-refractivity contribution in [1.82, 2.24) is 4.90 Å². The van der Waals surface area contributed by atoms with Crippen LogP contribution in [-0.4, -0.2) is 43.1 Å². The van der Waals surface area contributed by atoms with E-state index < -0.39 is 0 Å². The molecule has 0 saturated heterocycles. The summed E-state index contributed by atoms with van der Waals surface area (Å²) in [6, 6.07) is 8.72. The second-order valence-corrected chi connectivity index (χ2v) is 5.90. The number of methoxy groups -OCH3 is 1. The molecule has 22 heavy (non-hydrogen) atoms. The van der Waals surface area contributed by atoms with E-state index >= 15 is 0 Å². The average molecular weight is 306 g/mol. The fourth-order valence-electron chi connectivity index (χ4n) is 2.43. The van der Waals surface area contributed by atoms with Crippen LogP contribution in [0.2, 0.25) is 0 Å². The normalized spacial score (nSPS) is 12.3. The van der Waals surface area contributed by atoms with Gasteiger partial charge in [0, 0.05) is 30.9 Å². The smallest absolute Gasteiger partial charge is 0.193 e. The van der Waals surface area contributed by atoms with Crippen molar-refractivity contribution in [2.45, 2.75) is 46.2 Å². The number of hydrogen-bond acceptors (Lipinski definition) is 3. The first-order valence-electron chi connectivity index (χ1n) is 7.90. The Balaban J connectivity index is 2.39. The molecule has 0 bridgehead atoms. The lowest BCUT2D eigenvalue weighted by atomic mass is 10.2. The summed E-state index contributed by atoms with van der Waals surface area (Å²) >= 11 is 0. The van der Waals surface area contributed by atoms with Crippen molar-refractivity contribution < 1.29 is 4.74 Å². The number of hydrogen-bond donors (Lipinski definition) is 2. The van der Waals surface area contributed by atoms with Crippen LogP contribution >= 0.6 is 0 Å². The Morgan fingerprint density at radius 2 is 1.77 bits per heavy atom. The minimum atomic E-state index is 0.450. The zero-order valence-electron chi connectivity index (χ0n) is 14.5. The molecule has 0 aliphatic heterocycles. The second-order valence-electron chi connectivity index (χ2n) is 5.90. The highest BCUT2D eigenvalue weighted by Crippen LogP contribution is 2.14. The molecule has 0 aliphatic rings. The van der Waals surface area contributed by atoms with Crippen LogP contribution in [0.15, 0.2) is 29.3 Å². The van der Waals surface area contributed by atoms with Gasteiger partial charge in [-0.05, 0) is 58.4 Å². The number of nitrogens with zero attached hydrogens (tertiary/aromatic N) is 2. The van der Waals surface area contributed by atoms with Crippen molar-refractivity contribution in [2.24, 2.45) is 10.7 Å². The third-order valence-corrected chi connectivity index (χ3v) is 3.55. The van der Waals surface area contributed by atoms with Gasteiger partial charge in [-0.2, -0.15) is 0 Å². The van der Waals surface area contributed by atoms with E-state index in [9.17, 15) is 0 Å². The van der Waals surface area contributed by atoms with Crippen LogP contribution in [-0.2, 0) is 0 Å². The average Bonchev–Trinajstić information content (AvgIpc) is 2.47. The maximum absolute atomic E-state index is 5.91. The molecule has 0 fully saturated rings. The molecule has 0 heterocycles. The standard InChI is InChI=1S/C17H30N4O/c1-13(2)21(14(3)4)12-6-11-19-17(18)20-15-7-9-16(22-5)10-8-15/h7-10,13-14H,6,11-12H2,1-5H3,(H3,18,19,20). The van der Waals surface area contributed by atoms with Crippen LogP contribution in [0, 0.1) is 0 Å². The van der Waals surface area contributed by atoms with Gasteiger partial charge < -0.3 is 15.8 Å². The van der Waals surface area contributed by atoms with Crippen LogP contribution in [0.5, 0.6) is 5.75 Å². The summed E-state index contributed by atoms with van der Waals surface area (Å²) in [6.45, 7) is 10.7. The third-order valence-electron chi connectivity index (χ3n) is 3.55. The predicted molar refractivity (Wildman–Crippen MR) is 94.7 cm³/mol. The highest BCUT2D eigenvalue weighted by atomic mass is 16.5. The van der Waals surface area contributed by atoms with Crippen molar-refractivity contribution in [3.8, 4) is 5.75 Å². The van der Waals surface area contributed by atoms with Gasteiger partial charge in [0.1, 0.15) is 5.75 Å². The fourth-order valence-corrected chi connectivity index (χ4v) is 2.43. The molecule has 124 valence electrons. The van der Waals surface area contributed by atoms with Gasteiger partial charge in [-0.1, -0.05) is 0 Å². The topological polar surface area (TPSA) is 62.9 Å². The molecule has 0 aliphatic carbocycles. The van der Waals surface area contributed by atoms with E-state index in [1.807, 2.05) is 24.3 Å². The molecule has 0 atom stereocenters. The molecule has 0 unspecified atom stereocenters. The largest absolute Gasteiger partial charge is 0.497 e. The van der Waals surface area contributed by atoms with Crippen LogP contribution < -0.4 is 15.8 Å². The van der Waals surface area contributed by atoms with Gasteiger partial charge in [-0.3, -0.25) is 9.89 Å². The summed E-state index contributed by atoms with van der Waals surface area (Å²) in [5.74, 6) is 1.27. The number of nitrogens with two attached hydrogens (primary N) is 1. The van der Waals surface area contributed by atoms with E-state index in [-0.39, 0.29) is 0 Å². The molecule has 0 saturated carbocycles. The van der Waals surface area contributed by atoms with Crippen LogP contribution in [0.1, 0.15) is 34.1 Å². The molecule has 0 amide bonds. The van der Waals surface area contributed by atoms with E-state index in [0.717, 1.165) is 30.9 Å². The lowest BCUT2D eigenvalue weighted by Gasteiger charge is -2.30. The molecule has 5 nitrogen and oxygen atoms in total. The molecular formula is C17H30N4O. The van der Waals surface area contributed by atoms with Gasteiger partial charge in [-0.15, -0.1) is 0 Å². The Kier molecular flexibility index (Phi) is 7.74. The lowest BCUT2D eigenvalue weighted by Crippen LogP contribution is -2.38. The molecular weight excluding hydrogens is 276 g/mol. The van der Waals surface area contributed by atoms with Gasteiger partial charge in [0.05, 0.1) is 7.11 Å². The number of rotatable bonds is 8. The number of aliphatic imine (C=N–C) groups is 1. The third kappa shape index (κ3) is 6.35. The lowest BCUT2D eigenvalue weighted by molar-refractivity contribution is 0.174. The van der Waals surface area contributed by atoms with E-state index in [0.29, 0.717) is 18.0 Å². The van der Waals surface area contributed by atoms with Crippen molar-refractivity contribution >= 4 is 11.6 Å². The second kappa shape index (κ2) is 9.30. The van der Waals surface area contributed by atoms with Crippen molar-refractivity contribution in [2.75, 3.05) is 25.5 Å². The first kappa shape index (κ1) is 18.3. The monoisotopic (exact) mass is 306 g/mol. The summed E-state index contributed by atoms with van der Waals surface area (Å²) in [5, 5.41) is 3.09. The highest BCUT2D eigenvalue weighted by molar-refractivity contribution is 5.92. The Hall–Kier alpha value is -1.75. The maximum atomic E-state index is 5.91. The van der Waals surface area contributed by atoms with Gasteiger partial charge in [-0.25, -0.2) is 0 Å². The molecule has 1 aromatic rings. The molecule has 3 N–H and O–H groups in total. The van der Waals surface area contributed by atoms with Crippen LogP contribution in [0.25, 0.3) is 0 Å². The minimum absolute atomic E-state index is 0.450. The van der Waals surface area contributed by atoms with Crippen molar-refractivity contribution in [1.29, 1.82) is 0 Å². The summed E-state index contributed by atoms with van der Waals surface area (Å²) < 4.78 is 5.12. The van der Waals surface area contributed by atoms with Gasteiger partial charge in [0.25, 0.3) is 0 Å². The Morgan fingerprint density at radius 3 is 2.27 bits per heavy atom. The number of ether oxygens (including phenoxy) is 1. The van der Waals surface area contributed by atoms with Crippen LogP contribution in [0.4, 0.5) is 5.69 Å². The molecule has 0 radical (unpaired) electrons. The molecule has 0 spiro atoms. The van der Waals surface area contributed by atoms with E-state index in [1.54, 1.807) is 7.11 Å². The maximum Gasteiger partial charge on any atom is 0.193 e. The first-order valence-corrected chi connectivity index (χ1v) is 7.90. The van der Waals surface area contributed by atoms with E-state index in [2.05, 4.69) is 42.9 Å². The Morgan fingerprint density at radius 1 is 1.18 bits per heavy atom. The zero-order valence-corrected chi connectivity index (χ0v) is 14.5. The Bertz CT molecular complexity index is 446. The number of guanidine groups is 1. The van der Waals surface area contributed by atoms with Gasteiger partial charge in [0.2, 0.25) is 0 Å². The quantitative estimate of drug-likeness (QED) is 0.440. The number of nitrogens with one attached hydrogen (secondary N) is 1. The number of benzene rings is 1. The molecule has 0 aromatic heterocycles. The predicted octanol–water partition coefficient (Wildman–Crippen LogP) is 2.93. The number of anilines is 1. The SMILES string of the molecule is COc1ccc(NC(N)=NCCCN(C(C)C)C(C)C)cc1. The Labute approximate surface area is 134 Å². The summed E-state index contributed by atoms with van der Waals surface area (Å²) in [7, 11) is 1.65.